The molecule has 164 valence electrons. The molecule has 2 aromatic rings. The normalized spacial score (nSPS) is 22.7. The van der Waals surface area contributed by atoms with Gasteiger partial charge in [-0.05, 0) is 44.7 Å². The van der Waals surface area contributed by atoms with Crippen LogP contribution >= 0.6 is 0 Å². The Morgan fingerprint density at radius 2 is 2.13 bits per heavy atom. The Kier molecular flexibility index (Phi) is 6.56. The summed E-state index contributed by atoms with van der Waals surface area (Å²) in [5.74, 6) is 1.64. The first-order chi connectivity index (χ1) is 14.7. The van der Waals surface area contributed by atoms with Crippen LogP contribution in [0, 0.1) is 5.41 Å². The second-order valence-electron chi connectivity index (χ2n) is 8.57. The molecule has 0 bridgehead atoms. The lowest BCUT2D eigenvalue weighted by Crippen LogP contribution is -2.66. The lowest BCUT2D eigenvalue weighted by atomic mass is 9.54. The minimum Gasteiger partial charge on any atom is -0.461 e. The van der Waals surface area contributed by atoms with Crippen molar-refractivity contribution >= 4 is 5.91 Å². The molecule has 0 aromatic carbocycles. The predicted octanol–water partition coefficient (Wildman–Crippen LogP) is 4.63. The highest BCUT2D eigenvalue weighted by Crippen LogP contribution is 2.55. The van der Waals surface area contributed by atoms with Gasteiger partial charge in [0.2, 0.25) is 17.6 Å². The highest BCUT2D eigenvalue weighted by molar-refractivity contribution is 5.77. The maximum Gasteiger partial charge on any atom is 0.238 e. The average molecular weight is 416 g/mol. The van der Waals surface area contributed by atoms with Crippen molar-refractivity contribution < 1.29 is 18.5 Å². The van der Waals surface area contributed by atoms with Crippen LogP contribution in [0.4, 0.5) is 0 Å². The van der Waals surface area contributed by atoms with E-state index >= 15 is 0 Å². The summed E-state index contributed by atoms with van der Waals surface area (Å²) in [6.07, 6.45) is 10.7. The third-order valence-corrected chi connectivity index (χ3v) is 6.82. The number of carbonyl (C=O) groups excluding carboxylic acids is 1. The van der Waals surface area contributed by atoms with Gasteiger partial charge in [0, 0.05) is 37.5 Å². The van der Waals surface area contributed by atoms with E-state index in [4.69, 9.17) is 13.7 Å². The SMILES string of the molecule is CCCN(C(=O)CCc1nc(-c2ccco2)no1)[C@@H]1C[C@H](OCC)C12CCCCC2. The van der Waals surface area contributed by atoms with E-state index in [0.29, 0.717) is 42.5 Å². The lowest BCUT2D eigenvalue weighted by molar-refractivity contribution is -0.188. The van der Waals surface area contributed by atoms with Crippen molar-refractivity contribution in [2.45, 2.75) is 83.8 Å². The third kappa shape index (κ3) is 4.04. The van der Waals surface area contributed by atoms with Crippen LogP contribution in [0.5, 0.6) is 0 Å². The van der Waals surface area contributed by atoms with Gasteiger partial charge < -0.3 is 18.6 Å². The number of aryl methyl sites for hydroxylation is 1. The molecule has 7 nitrogen and oxygen atoms in total. The molecule has 7 heteroatoms. The van der Waals surface area contributed by atoms with Gasteiger partial charge in [-0.2, -0.15) is 4.98 Å². The summed E-state index contributed by atoms with van der Waals surface area (Å²) in [6.45, 7) is 5.75. The number of rotatable bonds is 9. The van der Waals surface area contributed by atoms with Crippen LogP contribution in [0.15, 0.2) is 27.3 Å². The average Bonchev–Trinajstić information content (AvgIpc) is 3.46. The van der Waals surface area contributed by atoms with Gasteiger partial charge >= 0.3 is 0 Å². The third-order valence-electron chi connectivity index (χ3n) is 6.82. The second kappa shape index (κ2) is 9.33. The van der Waals surface area contributed by atoms with Crippen molar-refractivity contribution in [3.8, 4) is 11.6 Å². The first-order valence-corrected chi connectivity index (χ1v) is 11.5. The Morgan fingerprint density at radius 3 is 2.83 bits per heavy atom. The first-order valence-electron chi connectivity index (χ1n) is 11.5. The second-order valence-corrected chi connectivity index (χ2v) is 8.57. The summed E-state index contributed by atoms with van der Waals surface area (Å²) >= 11 is 0. The van der Waals surface area contributed by atoms with Crippen LogP contribution in [0.25, 0.3) is 11.6 Å². The van der Waals surface area contributed by atoms with Crippen LogP contribution in [-0.2, 0) is 16.0 Å². The van der Waals surface area contributed by atoms with Crippen molar-refractivity contribution in [1.29, 1.82) is 0 Å². The first kappa shape index (κ1) is 21.1. The van der Waals surface area contributed by atoms with Crippen LogP contribution in [-0.4, -0.2) is 46.2 Å². The van der Waals surface area contributed by atoms with E-state index in [1.54, 1.807) is 18.4 Å². The summed E-state index contributed by atoms with van der Waals surface area (Å²) in [7, 11) is 0. The molecule has 2 fully saturated rings. The number of carbonyl (C=O) groups is 1. The molecule has 0 N–H and O–H groups in total. The molecule has 2 heterocycles. The Labute approximate surface area is 178 Å². The largest absolute Gasteiger partial charge is 0.461 e. The summed E-state index contributed by atoms with van der Waals surface area (Å²) < 4.78 is 16.7. The van der Waals surface area contributed by atoms with E-state index in [0.717, 1.165) is 26.0 Å². The number of ether oxygens (including phenoxy) is 1. The van der Waals surface area contributed by atoms with Crippen LogP contribution in [0.2, 0.25) is 0 Å². The quantitative estimate of drug-likeness (QED) is 0.594. The monoisotopic (exact) mass is 415 g/mol. The zero-order valence-electron chi connectivity index (χ0n) is 18.1. The van der Waals surface area contributed by atoms with Gasteiger partial charge in [0.05, 0.1) is 12.4 Å². The number of hydrogen-bond donors (Lipinski definition) is 0. The topological polar surface area (TPSA) is 81.6 Å². The van der Waals surface area contributed by atoms with Crippen LogP contribution < -0.4 is 0 Å². The molecule has 2 atom stereocenters. The summed E-state index contributed by atoms with van der Waals surface area (Å²) in [4.78, 5) is 19.7. The number of furan rings is 1. The van der Waals surface area contributed by atoms with Crippen molar-refractivity contribution in [2.24, 2.45) is 5.41 Å². The summed E-state index contributed by atoms with van der Waals surface area (Å²) in [5, 5.41) is 3.96. The predicted molar refractivity (Wildman–Crippen MR) is 112 cm³/mol. The number of hydrogen-bond acceptors (Lipinski definition) is 6. The van der Waals surface area contributed by atoms with Crippen molar-refractivity contribution in [1.82, 2.24) is 15.0 Å². The molecule has 2 saturated carbocycles. The maximum absolute atomic E-state index is 13.2. The van der Waals surface area contributed by atoms with Crippen molar-refractivity contribution in [3.05, 3.63) is 24.3 Å². The maximum atomic E-state index is 13.2. The van der Waals surface area contributed by atoms with Crippen LogP contribution in [0.3, 0.4) is 0 Å². The molecule has 0 aliphatic heterocycles. The fourth-order valence-electron chi connectivity index (χ4n) is 5.38. The molecule has 2 aromatic heterocycles. The van der Waals surface area contributed by atoms with Gasteiger partial charge in [0.1, 0.15) is 0 Å². The van der Waals surface area contributed by atoms with Gasteiger partial charge in [0.15, 0.2) is 5.76 Å². The zero-order valence-corrected chi connectivity index (χ0v) is 18.1. The standard InChI is InChI=1S/C23H33N3O4/c1-3-14-26(18-16-19(28-4-2)23(18)12-6-5-7-13-23)21(27)11-10-20-24-22(25-30-20)17-9-8-15-29-17/h8-9,15,18-19H,3-7,10-14,16H2,1-2H3/t18-,19+/m1/s1. The fraction of sp³-hybridized carbons (Fsp3) is 0.696. The molecule has 30 heavy (non-hydrogen) atoms. The zero-order chi connectivity index (χ0) is 21.0. The van der Waals surface area contributed by atoms with E-state index in [-0.39, 0.29) is 11.3 Å². The number of nitrogens with zero attached hydrogens (tertiary/aromatic N) is 3. The molecule has 0 saturated heterocycles. The molecule has 4 rings (SSSR count). The van der Waals surface area contributed by atoms with Gasteiger partial charge in [-0.3, -0.25) is 4.79 Å². The Morgan fingerprint density at radius 1 is 1.30 bits per heavy atom. The van der Waals surface area contributed by atoms with Gasteiger partial charge in [-0.1, -0.05) is 31.3 Å². The van der Waals surface area contributed by atoms with E-state index in [1.807, 2.05) is 0 Å². The Bertz CT molecular complexity index is 810. The number of amides is 1. The highest BCUT2D eigenvalue weighted by Gasteiger charge is 2.58. The molecule has 2 aliphatic rings. The number of aromatic nitrogens is 2. The lowest BCUT2D eigenvalue weighted by Gasteiger charge is -2.60. The van der Waals surface area contributed by atoms with Gasteiger partial charge in [-0.15, -0.1) is 0 Å². The molecule has 1 spiro atoms. The Hall–Kier alpha value is -2.15. The molecule has 0 radical (unpaired) electrons. The molecule has 0 unspecified atom stereocenters. The van der Waals surface area contributed by atoms with E-state index in [2.05, 4.69) is 28.9 Å². The summed E-state index contributed by atoms with van der Waals surface area (Å²) in [5.41, 5.74) is 0.149. The minimum atomic E-state index is 0.149. The molecular formula is C23H33N3O4. The Balaban J connectivity index is 1.41. The van der Waals surface area contributed by atoms with E-state index in [1.165, 1.54) is 32.1 Å². The smallest absolute Gasteiger partial charge is 0.238 e. The minimum absolute atomic E-state index is 0.149. The molecule has 2 aliphatic carbocycles. The van der Waals surface area contributed by atoms with Gasteiger partial charge in [0.25, 0.3) is 0 Å². The molecule has 1 amide bonds. The van der Waals surface area contributed by atoms with Crippen molar-refractivity contribution in [2.75, 3.05) is 13.2 Å². The highest BCUT2D eigenvalue weighted by atomic mass is 16.5. The summed E-state index contributed by atoms with van der Waals surface area (Å²) in [6, 6.07) is 3.87. The van der Waals surface area contributed by atoms with Crippen molar-refractivity contribution in [3.63, 3.8) is 0 Å². The molecular weight excluding hydrogens is 382 g/mol. The fourth-order valence-corrected chi connectivity index (χ4v) is 5.38. The van der Waals surface area contributed by atoms with Gasteiger partial charge in [-0.25, -0.2) is 0 Å². The van der Waals surface area contributed by atoms with E-state index in [9.17, 15) is 4.79 Å². The van der Waals surface area contributed by atoms with E-state index < -0.39 is 0 Å². The van der Waals surface area contributed by atoms with Crippen LogP contribution in [0.1, 0.15) is 71.1 Å².